The quantitative estimate of drug-likeness (QED) is 0.859. The molecule has 1 aromatic carbocycles. The van der Waals surface area contributed by atoms with Gasteiger partial charge in [-0.25, -0.2) is 4.39 Å². The molecule has 4 heteroatoms. The van der Waals surface area contributed by atoms with Crippen molar-refractivity contribution in [3.63, 3.8) is 0 Å². The molecular formula is C16H18FNO2. The number of benzene rings is 1. The summed E-state index contributed by atoms with van der Waals surface area (Å²) in [6.07, 6.45) is 3.51. The molecule has 0 heterocycles. The second kappa shape index (κ2) is 6.53. The summed E-state index contributed by atoms with van der Waals surface area (Å²) in [5, 5.41) is 8.63. The van der Waals surface area contributed by atoms with Gasteiger partial charge in [-0.05, 0) is 37.5 Å². The first-order valence-electron chi connectivity index (χ1n) is 6.80. The van der Waals surface area contributed by atoms with Gasteiger partial charge in [0.1, 0.15) is 5.82 Å². The number of nitrogens with zero attached hydrogens (tertiary/aromatic N) is 1. The van der Waals surface area contributed by atoms with Crippen LogP contribution in [-0.2, 0) is 0 Å². The Morgan fingerprint density at radius 2 is 2.25 bits per heavy atom. The highest BCUT2D eigenvalue weighted by Crippen LogP contribution is 2.25. The van der Waals surface area contributed by atoms with E-state index in [2.05, 4.69) is 11.8 Å². The molecule has 1 fully saturated rings. The Balaban J connectivity index is 2.12. The average molecular weight is 275 g/mol. The molecule has 0 aliphatic heterocycles. The number of halogens is 1. The summed E-state index contributed by atoms with van der Waals surface area (Å²) < 4.78 is 13.9. The monoisotopic (exact) mass is 275 g/mol. The Hall–Kier alpha value is -1.86. The largest absolute Gasteiger partial charge is 0.395 e. The molecule has 0 bridgehead atoms. The predicted octanol–water partition coefficient (Wildman–Crippen LogP) is 2.18. The average Bonchev–Trinajstić information content (AvgIpc) is 2.38. The van der Waals surface area contributed by atoms with Crippen LogP contribution in [0.25, 0.3) is 0 Å². The summed E-state index contributed by atoms with van der Waals surface area (Å²) in [4.78, 5) is 13.9. The van der Waals surface area contributed by atoms with Crippen LogP contribution in [0.2, 0.25) is 0 Å². The molecule has 1 aromatic rings. The van der Waals surface area contributed by atoms with Gasteiger partial charge in [0, 0.05) is 25.1 Å². The summed E-state index contributed by atoms with van der Waals surface area (Å²) in [5.74, 6) is 4.66. The first-order valence-corrected chi connectivity index (χ1v) is 6.80. The molecule has 0 radical (unpaired) electrons. The van der Waals surface area contributed by atoms with Gasteiger partial charge in [-0.2, -0.15) is 0 Å². The van der Waals surface area contributed by atoms with Gasteiger partial charge >= 0.3 is 0 Å². The van der Waals surface area contributed by atoms with Crippen LogP contribution in [0.5, 0.6) is 0 Å². The second-order valence-corrected chi connectivity index (χ2v) is 4.97. The second-order valence-electron chi connectivity index (χ2n) is 4.97. The molecule has 0 atom stereocenters. The molecule has 106 valence electrons. The van der Waals surface area contributed by atoms with Crippen LogP contribution in [-0.4, -0.2) is 35.6 Å². The van der Waals surface area contributed by atoms with Gasteiger partial charge < -0.3 is 10.0 Å². The maximum absolute atomic E-state index is 13.9. The number of hydrogen-bond acceptors (Lipinski definition) is 2. The van der Waals surface area contributed by atoms with Crippen LogP contribution in [0.1, 0.15) is 41.6 Å². The van der Waals surface area contributed by atoms with Crippen LogP contribution in [0.3, 0.4) is 0 Å². The third-order valence-electron chi connectivity index (χ3n) is 3.62. The third kappa shape index (κ3) is 3.17. The zero-order valence-corrected chi connectivity index (χ0v) is 11.5. The first kappa shape index (κ1) is 14.5. The van der Waals surface area contributed by atoms with Gasteiger partial charge in [0.05, 0.1) is 12.2 Å². The highest BCUT2D eigenvalue weighted by Gasteiger charge is 2.26. The van der Waals surface area contributed by atoms with Crippen molar-refractivity contribution in [3.05, 3.63) is 35.1 Å². The van der Waals surface area contributed by atoms with Gasteiger partial charge in [0.25, 0.3) is 5.91 Å². The maximum atomic E-state index is 13.9. The summed E-state index contributed by atoms with van der Waals surface area (Å²) in [7, 11) is 1.76. The number of aliphatic hydroxyl groups is 1. The van der Waals surface area contributed by atoms with Crippen molar-refractivity contribution in [3.8, 4) is 11.8 Å². The van der Waals surface area contributed by atoms with E-state index >= 15 is 0 Å². The topological polar surface area (TPSA) is 40.5 Å². The first-order chi connectivity index (χ1) is 9.63. The van der Waals surface area contributed by atoms with E-state index in [-0.39, 0.29) is 24.1 Å². The number of rotatable bonds is 3. The van der Waals surface area contributed by atoms with Crippen LogP contribution in [0.4, 0.5) is 4.39 Å². The normalized spacial score (nSPS) is 14.2. The number of amides is 1. The van der Waals surface area contributed by atoms with E-state index in [0.29, 0.717) is 12.0 Å². The Morgan fingerprint density at radius 3 is 2.80 bits per heavy atom. The molecule has 3 nitrogen and oxygen atoms in total. The lowest BCUT2D eigenvalue weighted by Crippen LogP contribution is -2.41. The third-order valence-corrected chi connectivity index (χ3v) is 3.62. The molecule has 20 heavy (non-hydrogen) atoms. The minimum absolute atomic E-state index is 0.0443. The van der Waals surface area contributed by atoms with Gasteiger partial charge in [-0.15, -0.1) is 0 Å². The van der Waals surface area contributed by atoms with Crippen LogP contribution >= 0.6 is 0 Å². The van der Waals surface area contributed by atoms with Gasteiger partial charge in [-0.1, -0.05) is 11.8 Å². The summed E-state index contributed by atoms with van der Waals surface area (Å²) in [5.41, 5.74) is 0.603. The van der Waals surface area contributed by atoms with Crippen molar-refractivity contribution in [2.45, 2.75) is 31.7 Å². The van der Waals surface area contributed by atoms with E-state index in [4.69, 9.17) is 5.11 Å². The number of hydrogen-bond donors (Lipinski definition) is 1. The zero-order chi connectivity index (χ0) is 14.5. The number of carbonyl (C=O) groups excluding carboxylic acids is 1. The lowest BCUT2D eigenvalue weighted by molar-refractivity contribution is 0.0651. The van der Waals surface area contributed by atoms with Crippen molar-refractivity contribution in [2.24, 2.45) is 0 Å². The minimum Gasteiger partial charge on any atom is -0.395 e. The Bertz CT molecular complexity index is 555. The van der Waals surface area contributed by atoms with Gasteiger partial charge in [0.2, 0.25) is 0 Å². The molecule has 1 aliphatic rings. The molecule has 0 aromatic heterocycles. The van der Waals surface area contributed by atoms with E-state index in [1.165, 1.54) is 12.1 Å². The predicted molar refractivity (Wildman–Crippen MR) is 74.7 cm³/mol. The van der Waals surface area contributed by atoms with E-state index in [1.807, 2.05) is 0 Å². The fourth-order valence-electron chi connectivity index (χ4n) is 2.11. The van der Waals surface area contributed by atoms with Crippen molar-refractivity contribution in [2.75, 3.05) is 13.7 Å². The molecule has 0 spiro atoms. The van der Waals surface area contributed by atoms with Gasteiger partial charge in [-0.3, -0.25) is 4.79 Å². The van der Waals surface area contributed by atoms with E-state index in [0.717, 1.165) is 19.3 Å². The fraction of sp³-hybridized carbons (Fsp3) is 0.438. The van der Waals surface area contributed by atoms with Crippen molar-refractivity contribution >= 4 is 5.91 Å². The molecule has 1 N–H and O–H groups in total. The maximum Gasteiger partial charge on any atom is 0.253 e. The van der Waals surface area contributed by atoms with Crippen LogP contribution in [0, 0.1) is 17.7 Å². The van der Waals surface area contributed by atoms with Crippen LogP contribution < -0.4 is 0 Å². The van der Waals surface area contributed by atoms with E-state index < -0.39 is 5.82 Å². The molecule has 1 saturated carbocycles. The molecule has 0 saturated heterocycles. The minimum atomic E-state index is -0.497. The highest BCUT2D eigenvalue weighted by molar-refractivity contribution is 5.94. The molecule has 2 rings (SSSR count). The Labute approximate surface area is 118 Å². The van der Waals surface area contributed by atoms with Gasteiger partial charge in [0.15, 0.2) is 0 Å². The van der Waals surface area contributed by atoms with Crippen molar-refractivity contribution < 1.29 is 14.3 Å². The molecule has 0 unspecified atom stereocenters. The summed E-state index contributed by atoms with van der Waals surface area (Å²) in [6.45, 7) is -0.0443. The summed E-state index contributed by atoms with van der Waals surface area (Å²) in [6, 6.07) is 4.64. The SMILES string of the molecule is CN(C(=O)c1ccc(C#CCCO)c(F)c1)C1CCC1. The fourth-order valence-corrected chi connectivity index (χ4v) is 2.11. The van der Waals surface area contributed by atoms with Crippen LogP contribution in [0.15, 0.2) is 18.2 Å². The Kier molecular flexibility index (Phi) is 4.75. The van der Waals surface area contributed by atoms with E-state index in [1.54, 1.807) is 18.0 Å². The number of aliphatic hydroxyl groups excluding tert-OH is 1. The van der Waals surface area contributed by atoms with E-state index in [9.17, 15) is 9.18 Å². The molecule has 1 amide bonds. The van der Waals surface area contributed by atoms with Crippen molar-refractivity contribution in [1.82, 2.24) is 4.90 Å². The number of carbonyl (C=O) groups is 1. The smallest absolute Gasteiger partial charge is 0.253 e. The molecular weight excluding hydrogens is 257 g/mol. The molecule has 1 aliphatic carbocycles. The lowest BCUT2D eigenvalue weighted by atomic mass is 9.91. The lowest BCUT2D eigenvalue weighted by Gasteiger charge is -2.34. The summed E-state index contributed by atoms with van der Waals surface area (Å²) >= 11 is 0. The highest BCUT2D eigenvalue weighted by atomic mass is 19.1. The standard InChI is InChI=1S/C16H18FNO2/c1-18(14-6-4-7-14)16(20)13-9-8-12(15(17)11-13)5-2-3-10-19/h8-9,11,14,19H,3-4,6-7,10H2,1H3. The van der Waals surface area contributed by atoms with Crippen molar-refractivity contribution in [1.29, 1.82) is 0 Å². The zero-order valence-electron chi connectivity index (χ0n) is 11.5. The Morgan fingerprint density at radius 1 is 1.50 bits per heavy atom.